The fourth-order valence-corrected chi connectivity index (χ4v) is 2.29. The molecule has 17 heavy (non-hydrogen) atoms. The molecule has 2 aromatic heterocycles. The third-order valence-corrected chi connectivity index (χ3v) is 3.58. The molecule has 0 saturated carbocycles. The second kappa shape index (κ2) is 5.16. The molecule has 3 N–H and O–H groups in total. The predicted molar refractivity (Wildman–Crippen MR) is 68.5 cm³/mol. The minimum absolute atomic E-state index is 0.145. The number of hydrogen-bond donors (Lipinski definition) is 2. The summed E-state index contributed by atoms with van der Waals surface area (Å²) in [7, 11) is 1.95. The fraction of sp³-hybridized carbons (Fsp3) is 0.250. The minimum atomic E-state index is -0.574. The number of nitrogens with one attached hydrogen (secondary N) is 1. The van der Waals surface area contributed by atoms with Crippen LogP contribution in [0.25, 0.3) is 0 Å². The van der Waals surface area contributed by atoms with Crippen molar-refractivity contribution in [3.05, 3.63) is 46.4 Å². The number of nitrogens with zero attached hydrogens (tertiary/aromatic N) is 1. The van der Waals surface area contributed by atoms with Crippen LogP contribution in [0.3, 0.4) is 0 Å². The third-order valence-electron chi connectivity index (χ3n) is 2.63. The Balaban J connectivity index is 1.92. The van der Waals surface area contributed by atoms with E-state index in [0.717, 1.165) is 10.6 Å². The second-order valence-electron chi connectivity index (χ2n) is 3.82. The lowest BCUT2D eigenvalue weighted by molar-refractivity contribution is -0.122. The quantitative estimate of drug-likeness (QED) is 0.860. The number of carbonyl (C=O) groups excluding carboxylic acids is 1. The Kier molecular flexibility index (Phi) is 3.61. The topological polar surface area (TPSA) is 60.0 Å². The van der Waals surface area contributed by atoms with Crippen molar-refractivity contribution in [2.24, 2.45) is 12.8 Å². The van der Waals surface area contributed by atoms with Crippen LogP contribution in [-0.2, 0) is 18.4 Å². The summed E-state index contributed by atoms with van der Waals surface area (Å²) in [6.07, 6.45) is 1.95. The van der Waals surface area contributed by atoms with Gasteiger partial charge in [-0.05, 0) is 23.6 Å². The Morgan fingerprint density at radius 1 is 1.53 bits per heavy atom. The first-order valence-electron chi connectivity index (χ1n) is 5.35. The molecule has 2 rings (SSSR count). The van der Waals surface area contributed by atoms with Crippen LogP contribution in [0, 0.1) is 0 Å². The SMILES string of the molecule is Cn1cccc1CNC(=O)C(N)c1cccs1. The van der Waals surface area contributed by atoms with Gasteiger partial charge in [0.05, 0.1) is 6.54 Å². The molecule has 2 aromatic rings. The van der Waals surface area contributed by atoms with E-state index in [-0.39, 0.29) is 5.91 Å². The van der Waals surface area contributed by atoms with Gasteiger partial charge in [0, 0.05) is 23.8 Å². The number of aryl methyl sites for hydroxylation is 1. The van der Waals surface area contributed by atoms with Crippen molar-refractivity contribution in [3.8, 4) is 0 Å². The van der Waals surface area contributed by atoms with E-state index in [1.807, 2.05) is 47.5 Å². The van der Waals surface area contributed by atoms with Gasteiger partial charge in [0.1, 0.15) is 6.04 Å². The number of aromatic nitrogens is 1. The van der Waals surface area contributed by atoms with Gasteiger partial charge >= 0.3 is 0 Å². The van der Waals surface area contributed by atoms with Gasteiger partial charge in [0.2, 0.25) is 5.91 Å². The van der Waals surface area contributed by atoms with E-state index in [1.54, 1.807) is 0 Å². The molecular formula is C12H15N3OS. The Hall–Kier alpha value is -1.59. The average Bonchev–Trinajstić information content (AvgIpc) is 2.96. The zero-order valence-corrected chi connectivity index (χ0v) is 10.4. The molecular weight excluding hydrogens is 234 g/mol. The summed E-state index contributed by atoms with van der Waals surface area (Å²) in [4.78, 5) is 12.7. The number of nitrogens with two attached hydrogens (primary N) is 1. The highest BCUT2D eigenvalue weighted by Crippen LogP contribution is 2.16. The van der Waals surface area contributed by atoms with Crippen LogP contribution in [0.1, 0.15) is 16.6 Å². The summed E-state index contributed by atoms with van der Waals surface area (Å²) in [6.45, 7) is 0.501. The van der Waals surface area contributed by atoms with Gasteiger partial charge in [0.15, 0.2) is 0 Å². The lowest BCUT2D eigenvalue weighted by atomic mass is 10.2. The summed E-state index contributed by atoms with van der Waals surface area (Å²) >= 11 is 1.49. The minimum Gasteiger partial charge on any atom is -0.353 e. The Morgan fingerprint density at radius 3 is 2.94 bits per heavy atom. The van der Waals surface area contributed by atoms with Gasteiger partial charge in [0.25, 0.3) is 0 Å². The van der Waals surface area contributed by atoms with Crippen molar-refractivity contribution in [1.29, 1.82) is 0 Å². The molecule has 2 heterocycles. The van der Waals surface area contributed by atoms with Gasteiger partial charge in [-0.15, -0.1) is 11.3 Å². The summed E-state index contributed by atoms with van der Waals surface area (Å²) in [5, 5.41) is 4.75. The van der Waals surface area contributed by atoms with E-state index in [9.17, 15) is 4.79 Å². The van der Waals surface area contributed by atoms with Crippen molar-refractivity contribution < 1.29 is 4.79 Å². The van der Waals surface area contributed by atoms with E-state index >= 15 is 0 Å². The number of rotatable bonds is 4. The largest absolute Gasteiger partial charge is 0.353 e. The van der Waals surface area contributed by atoms with Crippen LogP contribution in [0.15, 0.2) is 35.8 Å². The summed E-state index contributed by atoms with van der Waals surface area (Å²) in [5.74, 6) is -0.145. The van der Waals surface area contributed by atoms with E-state index in [2.05, 4.69) is 5.32 Å². The molecule has 1 atom stereocenters. The Morgan fingerprint density at radius 2 is 2.35 bits per heavy atom. The van der Waals surface area contributed by atoms with Crippen LogP contribution >= 0.6 is 11.3 Å². The summed E-state index contributed by atoms with van der Waals surface area (Å²) in [5.41, 5.74) is 6.90. The van der Waals surface area contributed by atoms with E-state index in [4.69, 9.17) is 5.73 Å². The lowest BCUT2D eigenvalue weighted by Crippen LogP contribution is -2.33. The molecule has 0 fully saturated rings. The molecule has 0 aromatic carbocycles. The van der Waals surface area contributed by atoms with Crippen LogP contribution in [0.5, 0.6) is 0 Å². The number of hydrogen-bond acceptors (Lipinski definition) is 3. The Bertz CT molecular complexity index is 490. The molecule has 0 radical (unpaired) electrons. The monoisotopic (exact) mass is 249 g/mol. The van der Waals surface area contributed by atoms with Gasteiger partial charge in [-0.2, -0.15) is 0 Å². The molecule has 4 nitrogen and oxygen atoms in total. The second-order valence-corrected chi connectivity index (χ2v) is 4.80. The normalized spacial score (nSPS) is 12.4. The van der Waals surface area contributed by atoms with Gasteiger partial charge in [-0.3, -0.25) is 4.79 Å². The standard InChI is InChI=1S/C12H15N3OS/c1-15-6-2-4-9(15)8-14-12(16)11(13)10-5-3-7-17-10/h2-7,11H,8,13H2,1H3,(H,14,16). The van der Waals surface area contributed by atoms with Gasteiger partial charge < -0.3 is 15.6 Å². The Labute approximate surface area is 104 Å². The molecule has 0 spiro atoms. The fourth-order valence-electron chi connectivity index (χ4n) is 1.57. The summed E-state index contributed by atoms with van der Waals surface area (Å²) < 4.78 is 1.97. The smallest absolute Gasteiger partial charge is 0.242 e. The summed E-state index contributed by atoms with van der Waals surface area (Å²) in [6, 6.07) is 7.11. The van der Waals surface area contributed by atoms with E-state index in [0.29, 0.717) is 6.54 Å². The van der Waals surface area contributed by atoms with Crippen molar-refractivity contribution >= 4 is 17.2 Å². The molecule has 1 amide bonds. The number of amides is 1. The molecule has 90 valence electrons. The average molecular weight is 249 g/mol. The maximum absolute atomic E-state index is 11.8. The van der Waals surface area contributed by atoms with Crippen LogP contribution in [0.2, 0.25) is 0 Å². The molecule has 5 heteroatoms. The molecule has 0 aliphatic rings. The van der Waals surface area contributed by atoms with Crippen LogP contribution < -0.4 is 11.1 Å². The highest BCUT2D eigenvalue weighted by molar-refractivity contribution is 7.10. The van der Waals surface area contributed by atoms with Gasteiger partial charge in [-0.25, -0.2) is 0 Å². The third kappa shape index (κ3) is 2.75. The van der Waals surface area contributed by atoms with Crippen molar-refractivity contribution in [3.63, 3.8) is 0 Å². The highest BCUT2D eigenvalue weighted by Gasteiger charge is 2.16. The first-order valence-corrected chi connectivity index (χ1v) is 6.23. The van der Waals surface area contributed by atoms with E-state index < -0.39 is 6.04 Å². The maximum atomic E-state index is 11.8. The van der Waals surface area contributed by atoms with Crippen molar-refractivity contribution in [2.45, 2.75) is 12.6 Å². The van der Waals surface area contributed by atoms with E-state index in [1.165, 1.54) is 11.3 Å². The molecule has 0 aliphatic carbocycles. The molecule has 0 saturated heterocycles. The number of carbonyl (C=O) groups is 1. The van der Waals surface area contributed by atoms with Gasteiger partial charge in [-0.1, -0.05) is 6.07 Å². The number of thiophene rings is 1. The lowest BCUT2D eigenvalue weighted by Gasteiger charge is -2.11. The van der Waals surface area contributed by atoms with Crippen LogP contribution in [0.4, 0.5) is 0 Å². The first-order chi connectivity index (χ1) is 8.18. The van der Waals surface area contributed by atoms with Crippen LogP contribution in [-0.4, -0.2) is 10.5 Å². The van der Waals surface area contributed by atoms with Crippen molar-refractivity contribution in [1.82, 2.24) is 9.88 Å². The highest BCUT2D eigenvalue weighted by atomic mass is 32.1. The zero-order chi connectivity index (χ0) is 12.3. The molecule has 1 unspecified atom stereocenters. The predicted octanol–water partition coefficient (Wildman–Crippen LogP) is 1.40. The van der Waals surface area contributed by atoms with Crippen molar-refractivity contribution in [2.75, 3.05) is 0 Å². The zero-order valence-electron chi connectivity index (χ0n) is 9.59. The first kappa shape index (κ1) is 11.9. The molecule has 0 bridgehead atoms. The maximum Gasteiger partial charge on any atom is 0.242 e. The molecule has 0 aliphatic heterocycles.